The molecule has 2 aromatic carbocycles. The Morgan fingerprint density at radius 2 is 2.00 bits per heavy atom. The fourth-order valence-electron chi connectivity index (χ4n) is 1.85. The van der Waals surface area contributed by atoms with Crippen molar-refractivity contribution in [1.29, 1.82) is 0 Å². The van der Waals surface area contributed by atoms with E-state index in [-0.39, 0.29) is 11.7 Å². The second-order valence-electron chi connectivity index (χ2n) is 4.30. The van der Waals surface area contributed by atoms with Gasteiger partial charge < -0.3 is 15.2 Å². The largest absolute Gasteiger partial charge is 0.508 e. The minimum absolute atomic E-state index is 0.131. The third kappa shape index (κ3) is 3.03. The highest BCUT2D eigenvalue weighted by atomic mass is 35.5. The van der Waals surface area contributed by atoms with Crippen molar-refractivity contribution < 1.29 is 14.6 Å². The second kappa shape index (κ2) is 5.84. The van der Waals surface area contributed by atoms with Crippen LogP contribution in [0.1, 0.15) is 15.9 Å². The van der Waals surface area contributed by atoms with Crippen molar-refractivity contribution in [2.24, 2.45) is 0 Å². The number of halogens is 1. The van der Waals surface area contributed by atoms with Gasteiger partial charge in [-0.25, -0.2) is 0 Å². The maximum atomic E-state index is 12.1. The van der Waals surface area contributed by atoms with Gasteiger partial charge in [-0.2, -0.15) is 0 Å². The quantitative estimate of drug-likeness (QED) is 0.908. The molecule has 0 aromatic heterocycles. The molecule has 5 heteroatoms. The van der Waals surface area contributed by atoms with E-state index in [9.17, 15) is 9.90 Å². The van der Waals surface area contributed by atoms with Crippen molar-refractivity contribution in [3.8, 4) is 11.5 Å². The lowest BCUT2D eigenvalue weighted by Gasteiger charge is -2.09. The number of phenols is 1. The van der Waals surface area contributed by atoms with Crippen molar-refractivity contribution in [3.63, 3.8) is 0 Å². The summed E-state index contributed by atoms with van der Waals surface area (Å²) in [5.41, 5.74) is 1.77. The lowest BCUT2D eigenvalue weighted by atomic mass is 10.1. The Kier molecular flexibility index (Phi) is 4.15. The molecule has 2 N–H and O–H groups in total. The van der Waals surface area contributed by atoms with E-state index in [0.717, 1.165) is 0 Å². The summed E-state index contributed by atoms with van der Waals surface area (Å²) in [6.07, 6.45) is 0. The highest BCUT2D eigenvalue weighted by molar-refractivity contribution is 6.32. The summed E-state index contributed by atoms with van der Waals surface area (Å²) in [6, 6.07) is 9.60. The molecule has 1 amide bonds. The number of methoxy groups -OCH3 is 1. The van der Waals surface area contributed by atoms with Crippen LogP contribution in [0.25, 0.3) is 0 Å². The van der Waals surface area contributed by atoms with Gasteiger partial charge in [0.1, 0.15) is 11.5 Å². The molecule has 20 heavy (non-hydrogen) atoms. The molecule has 0 spiro atoms. The molecule has 0 aliphatic heterocycles. The lowest BCUT2D eigenvalue weighted by Crippen LogP contribution is -2.13. The number of carbonyl (C=O) groups is 1. The monoisotopic (exact) mass is 291 g/mol. The van der Waals surface area contributed by atoms with Gasteiger partial charge in [0.15, 0.2) is 0 Å². The number of aryl methyl sites for hydroxylation is 1. The van der Waals surface area contributed by atoms with Crippen LogP contribution in [-0.2, 0) is 0 Å². The maximum absolute atomic E-state index is 12.1. The molecular weight excluding hydrogens is 278 g/mol. The molecule has 4 nitrogen and oxygen atoms in total. The van der Waals surface area contributed by atoms with Gasteiger partial charge in [0.25, 0.3) is 5.91 Å². The van der Waals surface area contributed by atoms with Crippen LogP contribution >= 0.6 is 11.6 Å². The molecule has 0 heterocycles. The van der Waals surface area contributed by atoms with Crippen LogP contribution in [0.2, 0.25) is 5.02 Å². The van der Waals surface area contributed by atoms with Crippen LogP contribution < -0.4 is 10.1 Å². The Hall–Kier alpha value is -2.20. The number of hydrogen-bond acceptors (Lipinski definition) is 3. The van der Waals surface area contributed by atoms with E-state index in [1.54, 1.807) is 31.2 Å². The predicted octanol–water partition coefficient (Wildman–Crippen LogP) is 3.61. The smallest absolute Gasteiger partial charge is 0.255 e. The molecule has 0 saturated carbocycles. The Morgan fingerprint density at radius 1 is 1.25 bits per heavy atom. The van der Waals surface area contributed by atoms with Gasteiger partial charge in [0.05, 0.1) is 12.1 Å². The third-order valence-electron chi connectivity index (χ3n) is 2.86. The number of aromatic hydroxyl groups is 1. The zero-order chi connectivity index (χ0) is 14.7. The summed E-state index contributed by atoms with van der Waals surface area (Å²) >= 11 is 6.00. The van der Waals surface area contributed by atoms with Gasteiger partial charge in [-0.05, 0) is 48.9 Å². The highest BCUT2D eigenvalue weighted by Crippen LogP contribution is 2.27. The number of ether oxygens (including phenoxy) is 1. The highest BCUT2D eigenvalue weighted by Gasteiger charge is 2.11. The van der Waals surface area contributed by atoms with Gasteiger partial charge in [0.2, 0.25) is 0 Å². The Labute approximate surface area is 122 Å². The first-order valence-corrected chi connectivity index (χ1v) is 6.33. The summed E-state index contributed by atoms with van der Waals surface area (Å²) in [5.74, 6) is 0.417. The van der Waals surface area contributed by atoms with Gasteiger partial charge in [-0.3, -0.25) is 4.79 Å². The number of amides is 1. The van der Waals surface area contributed by atoms with Crippen molar-refractivity contribution in [2.75, 3.05) is 12.4 Å². The minimum Gasteiger partial charge on any atom is -0.508 e. The van der Waals surface area contributed by atoms with Crippen LogP contribution in [0, 0.1) is 6.92 Å². The van der Waals surface area contributed by atoms with Crippen molar-refractivity contribution in [3.05, 3.63) is 52.5 Å². The fourth-order valence-corrected chi connectivity index (χ4v) is 2.10. The average Bonchev–Trinajstić information content (AvgIpc) is 2.38. The molecule has 0 aliphatic rings. The number of nitrogens with one attached hydrogen (secondary N) is 1. The molecule has 2 aromatic rings. The number of benzene rings is 2. The summed E-state index contributed by atoms with van der Waals surface area (Å²) in [6.45, 7) is 1.76. The normalized spacial score (nSPS) is 10.2. The topological polar surface area (TPSA) is 58.6 Å². The van der Waals surface area contributed by atoms with E-state index in [2.05, 4.69) is 5.32 Å². The van der Waals surface area contributed by atoms with Gasteiger partial charge >= 0.3 is 0 Å². The molecule has 0 unspecified atom stereocenters. The zero-order valence-electron chi connectivity index (χ0n) is 11.1. The molecule has 0 aliphatic carbocycles. The van der Waals surface area contributed by atoms with E-state index in [4.69, 9.17) is 16.3 Å². The SMILES string of the molecule is COc1ccc(NC(=O)c2ccc(O)cc2C)cc1Cl. The van der Waals surface area contributed by atoms with E-state index >= 15 is 0 Å². The Bertz CT molecular complexity index is 656. The molecule has 0 saturated heterocycles. The van der Waals surface area contributed by atoms with Gasteiger partial charge in [0, 0.05) is 11.3 Å². The van der Waals surface area contributed by atoms with Gasteiger partial charge in [-0.15, -0.1) is 0 Å². The van der Waals surface area contributed by atoms with Crippen LogP contribution in [-0.4, -0.2) is 18.1 Å². The number of hydrogen-bond donors (Lipinski definition) is 2. The number of anilines is 1. The first-order chi connectivity index (χ1) is 9.51. The Morgan fingerprint density at radius 3 is 2.60 bits per heavy atom. The number of rotatable bonds is 3. The summed E-state index contributed by atoms with van der Waals surface area (Å²) in [4.78, 5) is 12.1. The lowest BCUT2D eigenvalue weighted by molar-refractivity contribution is 0.102. The third-order valence-corrected chi connectivity index (χ3v) is 3.16. The van der Waals surface area contributed by atoms with Gasteiger partial charge in [-0.1, -0.05) is 11.6 Å². The summed E-state index contributed by atoms with van der Waals surface area (Å²) < 4.78 is 5.05. The molecule has 0 atom stereocenters. The minimum atomic E-state index is -0.260. The molecule has 0 bridgehead atoms. The van der Waals surface area contributed by atoms with Crippen molar-refractivity contribution >= 4 is 23.2 Å². The molecule has 0 radical (unpaired) electrons. The maximum Gasteiger partial charge on any atom is 0.255 e. The Balaban J connectivity index is 2.21. The predicted molar refractivity (Wildman–Crippen MR) is 78.8 cm³/mol. The van der Waals surface area contributed by atoms with E-state index < -0.39 is 0 Å². The van der Waals surface area contributed by atoms with E-state index in [0.29, 0.717) is 27.6 Å². The molecule has 2 rings (SSSR count). The fraction of sp³-hybridized carbons (Fsp3) is 0.133. The van der Waals surface area contributed by atoms with E-state index in [1.807, 2.05) is 0 Å². The van der Waals surface area contributed by atoms with E-state index in [1.165, 1.54) is 19.2 Å². The first kappa shape index (κ1) is 14.2. The van der Waals surface area contributed by atoms with Crippen LogP contribution in [0.15, 0.2) is 36.4 Å². The summed E-state index contributed by atoms with van der Waals surface area (Å²) in [7, 11) is 1.53. The van der Waals surface area contributed by atoms with Crippen LogP contribution in [0.5, 0.6) is 11.5 Å². The standard InChI is InChI=1S/C15H14ClNO3/c1-9-7-11(18)4-5-12(9)15(19)17-10-3-6-14(20-2)13(16)8-10/h3-8,18H,1-2H3,(H,17,19). The number of phenolic OH excluding ortho intramolecular Hbond substituents is 1. The number of carbonyl (C=O) groups excluding carboxylic acids is 1. The van der Waals surface area contributed by atoms with Crippen molar-refractivity contribution in [1.82, 2.24) is 0 Å². The van der Waals surface area contributed by atoms with Crippen LogP contribution in [0.4, 0.5) is 5.69 Å². The molecule has 0 fully saturated rings. The average molecular weight is 292 g/mol. The zero-order valence-corrected chi connectivity index (χ0v) is 11.9. The van der Waals surface area contributed by atoms with Crippen molar-refractivity contribution in [2.45, 2.75) is 6.92 Å². The molecule has 104 valence electrons. The second-order valence-corrected chi connectivity index (χ2v) is 4.71. The molecular formula is C15H14ClNO3. The first-order valence-electron chi connectivity index (χ1n) is 5.96. The van der Waals surface area contributed by atoms with Crippen LogP contribution in [0.3, 0.4) is 0 Å². The summed E-state index contributed by atoms with van der Waals surface area (Å²) in [5, 5.41) is 12.5.